The van der Waals surface area contributed by atoms with E-state index in [9.17, 15) is 9.59 Å². The maximum Gasteiger partial charge on any atom is 0.243 e. The van der Waals surface area contributed by atoms with Crippen molar-refractivity contribution in [2.75, 3.05) is 25.5 Å². The Labute approximate surface area is 206 Å². The van der Waals surface area contributed by atoms with Crippen LogP contribution >= 0.6 is 0 Å². The summed E-state index contributed by atoms with van der Waals surface area (Å²) in [5.41, 5.74) is -0.657. The van der Waals surface area contributed by atoms with E-state index in [2.05, 4.69) is 35.0 Å². The quantitative estimate of drug-likeness (QED) is 0.615. The van der Waals surface area contributed by atoms with Crippen LogP contribution in [0, 0.1) is 11.3 Å². The molecule has 1 unspecified atom stereocenters. The van der Waals surface area contributed by atoms with Crippen LogP contribution in [0.1, 0.15) is 65.4 Å². The van der Waals surface area contributed by atoms with Gasteiger partial charge in [0.1, 0.15) is 11.1 Å². The highest BCUT2D eigenvalue weighted by molar-refractivity contribution is 6.09. The summed E-state index contributed by atoms with van der Waals surface area (Å²) in [6, 6.07) is 4.02. The SMILES string of the molecule is CN1C(=O)[C@@]23CCCCN2CC12C[C@@]1(C(=O)Nc4c1ccc1c4OC=CC(C)(C)O1)C(C)(C)[C@@H]2C3. The van der Waals surface area contributed by atoms with Gasteiger partial charge in [-0.2, -0.15) is 0 Å². The summed E-state index contributed by atoms with van der Waals surface area (Å²) in [5, 5.41) is 3.23. The molecule has 7 aliphatic rings. The van der Waals surface area contributed by atoms with Crippen molar-refractivity contribution in [2.45, 2.75) is 81.9 Å². The van der Waals surface area contributed by atoms with Crippen LogP contribution in [0.2, 0.25) is 0 Å². The fourth-order valence-electron chi connectivity index (χ4n) is 8.90. The maximum absolute atomic E-state index is 14.1. The van der Waals surface area contributed by atoms with Crippen molar-refractivity contribution in [2.24, 2.45) is 11.3 Å². The lowest BCUT2D eigenvalue weighted by atomic mass is 9.56. The number of nitrogens with one attached hydrogen (secondary N) is 1. The van der Waals surface area contributed by atoms with E-state index >= 15 is 0 Å². The second-order valence-corrected chi connectivity index (χ2v) is 12.8. The second kappa shape index (κ2) is 6.23. The zero-order chi connectivity index (χ0) is 24.6. The first-order valence-corrected chi connectivity index (χ1v) is 13.0. The summed E-state index contributed by atoms with van der Waals surface area (Å²) in [6.45, 7) is 10.3. The summed E-state index contributed by atoms with van der Waals surface area (Å²) in [6.07, 6.45) is 8.18. The Bertz CT molecular complexity index is 1220. The van der Waals surface area contributed by atoms with Gasteiger partial charge in [0.25, 0.3) is 0 Å². The molecular weight excluding hydrogens is 442 g/mol. The van der Waals surface area contributed by atoms with Crippen molar-refractivity contribution in [3.05, 3.63) is 30.0 Å². The fraction of sp³-hybridized carbons (Fsp3) is 0.643. The highest BCUT2D eigenvalue weighted by Gasteiger charge is 2.79. The van der Waals surface area contributed by atoms with E-state index in [1.54, 1.807) is 6.26 Å². The smallest absolute Gasteiger partial charge is 0.243 e. The minimum Gasteiger partial charge on any atom is -0.480 e. The van der Waals surface area contributed by atoms with Gasteiger partial charge in [0.05, 0.1) is 22.9 Å². The number of amides is 2. The van der Waals surface area contributed by atoms with Gasteiger partial charge in [-0.25, -0.2) is 0 Å². The van der Waals surface area contributed by atoms with Gasteiger partial charge in [0, 0.05) is 13.6 Å². The van der Waals surface area contributed by atoms with Crippen LogP contribution in [0.25, 0.3) is 0 Å². The van der Waals surface area contributed by atoms with Crippen LogP contribution in [-0.4, -0.2) is 58.4 Å². The van der Waals surface area contributed by atoms with E-state index in [-0.39, 0.29) is 28.7 Å². The number of hydrogen-bond acceptors (Lipinski definition) is 5. The number of rotatable bonds is 0. The number of piperazine rings is 1. The van der Waals surface area contributed by atoms with Crippen molar-refractivity contribution >= 4 is 17.5 Å². The van der Waals surface area contributed by atoms with Crippen LogP contribution in [0.4, 0.5) is 5.69 Å². The molecule has 4 atom stereocenters. The predicted molar refractivity (Wildman–Crippen MR) is 131 cm³/mol. The fourth-order valence-corrected chi connectivity index (χ4v) is 8.90. The van der Waals surface area contributed by atoms with Gasteiger partial charge in [-0.05, 0) is 81.5 Å². The molecule has 4 saturated heterocycles. The lowest BCUT2D eigenvalue weighted by molar-refractivity contribution is -0.196. The van der Waals surface area contributed by atoms with E-state index in [1.165, 1.54) is 0 Å². The Balaban J connectivity index is 1.41. The summed E-state index contributed by atoms with van der Waals surface area (Å²) < 4.78 is 12.3. The van der Waals surface area contributed by atoms with Gasteiger partial charge >= 0.3 is 0 Å². The highest BCUT2D eigenvalue weighted by atomic mass is 16.5. The number of anilines is 1. The zero-order valence-corrected chi connectivity index (χ0v) is 21.4. The molecule has 7 heteroatoms. The first-order valence-electron chi connectivity index (χ1n) is 13.0. The maximum atomic E-state index is 14.1. The van der Waals surface area contributed by atoms with E-state index in [4.69, 9.17) is 9.47 Å². The van der Waals surface area contributed by atoms with E-state index < -0.39 is 16.6 Å². The van der Waals surface area contributed by atoms with E-state index in [0.717, 1.165) is 50.0 Å². The third-order valence-electron chi connectivity index (χ3n) is 10.7. The molecule has 186 valence electrons. The Hall–Kier alpha value is -2.54. The van der Waals surface area contributed by atoms with Crippen molar-refractivity contribution in [1.82, 2.24) is 9.80 Å². The van der Waals surface area contributed by atoms with Gasteiger partial charge in [-0.15, -0.1) is 0 Å². The van der Waals surface area contributed by atoms with Gasteiger partial charge < -0.3 is 19.7 Å². The molecule has 1 aromatic rings. The largest absolute Gasteiger partial charge is 0.480 e. The normalized spacial score (nSPS) is 39.8. The number of carbonyl (C=O) groups is 2. The minimum atomic E-state index is -0.744. The average molecular weight is 478 g/mol. The third kappa shape index (κ3) is 2.28. The molecule has 1 N–H and O–H groups in total. The van der Waals surface area contributed by atoms with Crippen molar-refractivity contribution < 1.29 is 19.1 Å². The molecular formula is C28H35N3O4. The molecule has 1 saturated carbocycles. The molecule has 7 nitrogen and oxygen atoms in total. The van der Waals surface area contributed by atoms with Gasteiger partial charge in [-0.1, -0.05) is 19.9 Å². The number of ether oxygens (including phenoxy) is 2. The van der Waals surface area contributed by atoms with E-state index in [0.29, 0.717) is 17.9 Å². The van der Waals surface area contributed by atoms with Gasteiger partial charge in [0.2, 0.25) is 11.8 Å². The number of piperidine rings is 3. The topological polar surface area (TPSA) is 71.1 Å². The first kappa shape index (κ1) is 21.7. The molecule has 1 aromatic carbocycles. The number of likely N-dealkylation sites (N-methyl/N-ethyl adjacent to an activating group) is 1. The Morgan fingerprint density at radius 1 is 1.11 bits per heavy atom. The minimum absolute atomic E-state index is 0.0190. The molecule has 3 spiro atoms. The summed E-state index contributed by atoms with van der Waals surface area (Å²) in [7, 11) is 1.99. The lowest BCUT2D eigenvalue weighted by Gasteiger charge is -2.67. The summed E-state index contributed by atoms with van der Waals surface area (Å²) >= 11 is 0. The van der Waals surface area contributed by atoms with Crippen LogP contribution in [0.5, 0.6) is 11.5 Å². The Morgan fingerprint density at radius 2 is 1.91 bits per heavy atom. The first-order chi connectivity index (χ1) is 16.5. The Kier molecular flexibility index (Phi) is 3.86. The zero-order valence-electron chi connectivity index (χ0n) is 21.4. The molecule has 6 heterocycles. The molecule has 0 radical (unpaired) electrons. The number of nitrogens with zero attached hydrogens (tertiary/aromatic N) is 2. The molecule has 0 aromatic heterocycles. The molecule has 35 heavy (non-hydrogen) atoms. The molecule has 2 bridgehead atoms. The van der Waals surface area contributed by atoms with Crippen LogP contribution in [0.3, 0.4) is 0 Å². The van der Waals surface area contributed by atoms with Crippen LogP contribution < -0.4 is 14.8 Å². The Morgan fingerprint density at radius 3 is 2.71 bits per heavy atom. The highest BCUT2D eigenvalue weighted by Crippen LogP contribution is 2.72. The molecule has 8 rings (SSSR count). The number of hydrogen-bond donors (Lipinski definition) is 1. The van der Waals surface area contributed by atoms with Crippen molar-refractivity contribution in [3.63, 3.8) is 0 Å². The number of carbonyl (C=O) groups excluding carboxylic acids is 2. The van der Waals surface area contributed by atoms with E-state index in [1.807, 2.05) is 33.0 Å². The third-order valence-corrected chi connectivity index (χ3v) is 10.7. The second-order valence-electron chi connectivity index (χ2n) is 12.8. The van der Waals surface area contributed by atoms with Crippen LogP contribution in [-0.2, 0) is 15.0 Å². The predicted octanol–water partition coefficient (Wildman–Crippen LogP) is 3.83. The summed E-state index contributed by atoms with van der Waals surface area (Å²) in [4.78, 5) is 32.5. The standard InChI is InChI=1S/C28H35N3O4/c1-24(2)11-13-34-21-18(35-24)9-8-17-20(21)29-22(32)28(17)15-27-16-31-12-7-6-10-26(31,23(33)30(27)5)14-19(27)25(28,3)4/h8-9,11,13,19H,6-7,10,12,14-16H2,1-5H3,(H,29,32)/t19-,26-,27?,28+/m0/s1. The monoisotopic (exact) mass is 477 g/mol. The lowest BCUT2D eigenvalue weighted by Crippen LogP contribution is -2.80. The summed E-state index contributed by atoms with van der Waals surface area (Å²) in [5.74, 6) is 1.72. The molecule has 1 aliphatic carbocycles. The van der Waals surface area contributed by atoms with Crippen molar-refractivity contribution in [3.8, 4) is 11.5 Å². The van der Waals surface area contributed by atoms with Gasteiger partial charge in [-0.3, -0.25) is 14.5 Å². The molecule has 6 aliphatic heterocycles. The van der Waals surface area contributed by atoms with Gasteiger partial charge in [0.15, 0.2) is 11.5 Å². The van der Waals surface area contributed by atoms with Crippen molar-refractivity contribution in [1.29, 1.82) is 0 Å². The van der Waals surface area contributed by atoms with Crippen LogP contribution in [0.15, 0.2) is 24.5 Å². The molecule has 5 fully saturated rings. The number of benzene rings is 1. The average Bonchev–Trinajstić information content (AvgIpc) is 3.12. The number of fused-ring (bicyclic) bond motifs is 5. The molecule has 2 amide bonds.